The van der Waals surface area contributed by atoms with Crippen LogP contribution < -0.4 is 10.6 Å². The third kappa shape index (κ3) is 5.43. The summed E-state index contributed by atoms with van der Waals surface area (Å²) in [6.07, 6.45) is 3.49. The molecular formula is C22H23ClN4O2S. The molecule has 0 radical (unpaired) electrons. The van der Waals surface area contributed by atoms with Gasteiger partial charge in [-0.1, -0.05) is 47.6 Å². The molecule has 0 aliphatic rings. The fraction of sp³-hybridized carbons (Fsp3) is 0.227. The van der Waals surface area contributed by atoms with E-state index in [1.54, 1.807) is 19.2 Å². The van der Waals surface area contributed by atoms with E-state index in [2.05, 4.69) is 15.6 Å². The van der Waals surface area contributed by atoms with Crippen LogP contribution in [0.4, 0.5) is 5.69 Å². The number of thioether (sulfide) groups is 1. The minimum Gasteiger partial charge on any atom is -0.346 e. The lowest BCUT2D eigenvalue weighted by Gasteiger charge is -2.14. The second-order valence-electron chi connectivity index (χ2n) is 6.85. The third-order valence-corrected chi connectivity index (χ3v) is 5.83. The minimum absolute atomic E-state index is 0.0970. The van der Waals surface area contributed by atoms with E-state index in [4.69, 9.17) is 11.6 Å². The summed E-state index contributed by atoms with van der Waals surface area (Å²) in [6.45, 7) is 5.55. The van der Waals surface area contributed by atoms with Gasteiger partial charge in [0.15, 0.2) is 5.16 Å². The van der Waals surface area contributed by atoms with Gasteiger partial charge in [0.25, 0.3) is 0 Å². The summed E-state index contributed by atoms with van der Waals surface area (Å²) < 4.78 is 1.87. The molecule has 1 atom stereocenters. The van der Waals surface area contributed by atoms with Crippen molar-refractivity contribution in [2.75, 3.05) is 11.9 Å². The van der Waals surface area contributed by atoms with Crippen LogP contribution in [0.3, 0.4) is 0 Å². The van der Waals surface area contributed by atoms with Crippen molar-refractivity contribution >= 4 is 40.9 Å². The van der Waals surface area contributed by atoms with Crippen LogP contribution in [-0.4, -0.2) is 33.2 Å². The number of nitrogens with one attached hydrogen (secondary N) is 2. The molecular weight excluding hydrogens is 420 g/mol. The number of aromatic nitrogens is 2. The van der Waals surface area contributed by atoms with Crippen molar-refractivity contribution in [3.63, 3.8) is 0 Å². The second-order valence-corrected chi connectivity index (χ2v) is 8.60. The first-order chi connectivity index (χ1) is 14.3. The zero-order valence-electron chi connectivity index (χ0n) is 17.0. The monoisotopic (exact) mass is 442 g/mol. The molecule has 3 rings (SSSR count). The lowest BCUT2D eigenvalue weighted by atomic mass is 10.1. The van der Waals surface area contributed by atoms with E-state index in [-0.39, 0.29) is 18.4 Å². The van der Waals surface area contributed by atoms with Gasteiger partial charge in [0, 0.05) is 28.8 Å². The molecule has 0 bridgehead atoms. The van der Waals surface area contributed by atoms with Crippen molar-refractivity contribution in [1.82, 2.24) is 14.9 Å². The van der Waals surface area contributed by atoms with Gasteiger partial charge in [-0.05, 0) is 50.1 Å². The Morgan fingerprint density at radius 2 is 1.87 bits per heavy atom. The first-order valence-electron chi connectivity index (χ1n) is 9.45. The largest absolute Gasteiger partial charge is 0.346 e. The maximum Gasteiger partial charge on any atom is 0.243 e. The van der Waals surface area contributed by atoms with Gasteiger partial charge in [-0.15, -0.1) is 0 Å². The summed E-state index contributed by atoms with van der Waals surface area (Å²) in [5, 5.41) is 6.41. The molecule has 30 heavy (non-hydrogen) atoms. The average molecular weight is 443 g/mol. The van der Waals surface area contributed by atoms with E-state index in [1.807, 2.05) is 61.0 Å². The minimum atomic E-state index is -0.432. The van der Waals surface area contributed by atoms with E-state index in [0.29, 0.717) is 10.2 Å². The predicted octanol–water partition coefficient (Wildman–Crippen LogP) is 4.38. The molecule has 0 fully saturated rings. The highest BCUT2D eigenvalue weighted by atomic mass is 35.5. The van der Waals surface area contributed by atoms with Crippen molar-refractivity contribution in [3.05, 3.63) is 71.0 Å². The number of hydrogen-bond donors (Lipinski definition) is 2. The SMILES string of the molecule is Cc1cccc(C)c1NC(=O)CNC(=O)C(C)Sc1nccn1-c1cccc(Cl)c1. The van der Waals surface area contributed by atoms with E-state index in [0.717, 1.165) is 22.5 Å². The third-order valence-electron chi connectivity index (χ3n) is 4.51. The van der Waals surface area contributed by atoms with Crippen molar-refractivity contribution < 1.29 is 9.59 Å². The van der Waals surface area contributed by atoms with E-state index in [1.165, 1.54) is 11.8 Å². The summed E-state index contributed by atoms with van der Waals surface area (Å²) in [6, 6.07) is 13.2. The molecule has 0 aliphatic heterocycles. The van der Waals surface area contributed by atoms with E-state index < -0.39 is 5.25 Å². The van der Waals surface area contributed by atoms with E-state index >= 15 is 0 Å². The van der Waals surface area contributed by atoms with Crippen LogP contribution in [0.1, 0.15) is 18.1 Å². The Kier molecular flexibility index (Phi) is 7.18. The Morgan fingerprint density at radius 1 is 1.17 bits per heavy atom. The molecule has 0 saturated carbocycles. The van der Waals surface area contributed by atoms with Gasteiger partial charge in [0.1, 0.15) is 0 Å². The van der Waals surface area contributed by atoms with Crippen LogP contribution in [0.15, 0.2) is 60.0 Å². The number of aryl methyl sites for hydroxylation is 2. The first kappa shape index (κ1) is 21.9. The Hall–Kier alpha value is -2.77. The number of amides is 2. The van der Waals surface area contributed by atoms with Crippen LogP contribution in [0, 0.1) is 13.8 Å². The quantitative estimate of drug-likeness (QED) is 0.532. The van der Waals surface area contributed by atoms with Crippen molar-refractivity contribution in [2.45, 2.75) is 31.2 Å². The van der Waals surface area contributed by atoms with Gasteiger partial charge in [0.05, 0.1) is 11.8 Å². The molecule has 1 aromatic heterocycles. The number of rotatable bonds is 7. The van der Waals surface area contributed by atoms with Crippen LogP contribution in [0.25, 0.3) is 5.69 Å². The molecule has 0 spiro atoms. The van der Waals surface area contributed by atoms with Crippen molar-refractivity contribution in [3.8, 4) is 5.69 Å². The maximum atomic E-state index is 12.5. The standard InChI is InChI=1S/C22H23ClN4O2S/c1-14-6-4-7-15(2)20(14)26-19(28)13-25-21(29)16(3)30-22-24-10-11-27(22)18-9-5-8-17(23)12-18/h4-12,16H,13H2,1-3H3,(H,25,29)(H,26,28). The highest BCUT2D eigenvalue weighted by Gasteiger charge is 2.19. The van der Waals surface area contributed by atoms with Crippen LogP contribution in [0.5, 0.6) is 0 Å². The predicted molar refractivity (Wildman–Crippen MR) is 121 cm³/mol. The topological polar surface area (TPSA) is 76.0 Å². The average Bonchev–Trinajstić information content (AvgIpc) is 3.17. The zero-order chi connectivity index (χ0) is 21.7. The molecule has 1 unspecified atom stereocenters. The molecule has 156 valence electrons. The lowest BCUT2D eigenvalue weighted by molar-refractivity contribution is -0.123. The second kappa shape index (κ2) is 9.82. The fourth-order valence-corrected chi connectivity index (χ4v) is 4.01. The molecule has 0 aliphatic carbocycles. The molecule has 1 heterocycles. The smallest absolute Gasteiger partial charge is 0.243 e. The highest BCUT2D eigenvalue weighted by molar-refractivity contribution is 8.00. The number of nitrogens with zero attached hydrogens (tertiary/aromatic N) is 2. The number of carbonyl (C=O) groups is 2. The normalized spacial score (nSPS) is 11.7. The summed E-state index contributed by atoms with van der Waals surface area (Å²) in [5.41, 5.74) is 3.60. The first-order valence-corrected chi connectivity index (χ1v) is 10.7. The van der Waals surface area contributed by atoms with Gasteiger partial charge in [-0.3, -0.25) is 14.2 Å². The van der Waals surface area contributed by atoms with Crippen LogP contribution in [0.2, 0.25) is 5.02 Å². The van der Waals surface area contributed by atoms with Gasteiger partial charge >= 0.3 is 0 Å². The maximum absolute atomic E-state index is 12.5. The number of halogens is 1. The van der Waals surface area contributed by atoms with Crippen molar-refractivity contribution in [1.29, 1.82) is 0 Å². The van der Waals surface area contributed by atoms with Gasteiger partial charge in [-0.2, -0.15) is 0 Å². The molecule has 2 N–H and O–H groups in total. The molecule has 0 saturated heterocycles. The number of para-hydroxylation sites is 1. The summed E-state index contributed by atoms with van der Waals surface area (Å²) in [4.78, 5) is 29.1. The van der Waals surface area contributed by atoms with Crippen LogP contribution in [-0.2, 0) is 9.59 Å². The fourth-order valence-electron chi connectivity index (χ4n) is 2.92. The molecule has 2 aromatic carbocycles. The Bertz CT molecular complexity index is 1050. The number of carbonyl (C=O) groups excluding carboxylic acids is 2. The van der Waals surface area contributed by atoms with E-state index in [9.17, 15) is 9.59 Å². The molecule has 8 heteroatoms. The summed E-state index contributed by atoms with van der Waals surface area (Å²) >= 11 is 7.39. The molecule has 6 nitrogen and oxygen atoms in total. The van der Waals surface area contributed by atoms with Crippen LogP contribution >= 0.6 is 23.4 Å². The number of hydrogen-bond acceptors (Lipinski definition) is 4. The molecule has 3 aromatic rings. The van der Waals surface area contributed by atoms with Gasteiger partial charge < -0.3 is 10.6 Å². The highest BCUT2D eigenvalue weighted by Crippen LogP contribution is 2.26. The summed E-state index contributed by atoms with van der Waals surface area (Å²) in [5.74, 6) is -0.504. The Balaban J connectivity index is 1.57. The van der Waals surface area contributed by atoms with Gasteiger partial charge in [0.2, 0.25) is 11.8 Å². The number of imidazole rings is 1. The number of benzene rings is 2. The van der Waals surface area contributed by atoms with Gasteiger partial charge in [-0.25, -0.2) is 4.98 Å². The summed E-state index contributed by atoms with van der Waals surface area (Å²) in [7, 11) is 0. The Morgan fingerprint density at radius 3 is 2.57 bits per heavy atom. The Labute approximate surface area is 185 Å². The van der Waals surface area contributed by atoms with Crippen molar-refractivity contribution in [2.24, 2.45) is 0 Å². The molecule has 2 amide bonds. The lowest BCUT2D eigenvalue weighted by Crippen LogP contribution is -2.37. The zero-order valence-corrected chi connectivity index (χ0v) is 18.6. The number of anilines is 1.